The Balaban J connectivity index is 1.66. The molecule has 0 N–H and O–H groups in total. The van der Waals surface area contributed by atoms with E-state index in [0.717, 1.165) is 53.2 Å². The number of unbranched alkanes of at least 4 members (excludes halogenated alkanes) is 17. The lowest BCUT2D eigenvalue weighted by Crippen LogP contribution is -2.05. The van der Waals surface area contributed by atoms with Gasteiger partial charge in [0.1, 0.15) is 0 Å². The predicted octanol–water partition coefficient (Wildman–Crippen LogP) is 14.1. The molecule has 0 saturated carbocycles. The molecule has 48 heavy (non-hydrogen) atoms. The molecule has 0 fully saturated rings. The van der Waals surface area contributed by atoms with Crippen LogP contribution in [-0.4, -0.2) is 24.7 Å². The third-order valence-electron chi connectivity index (χ3n) is 8.90. The highest BCUT2D eigenvalue weighted by molar-refractivity contribution is 7.81. The molecule has 0 bridgehead atoms. The second-order valence-electron chi connectivity index (χ2n) is 13.5. The quantitative estimate of drug-likeness (QED) is 0.0343. The zero-order valence-electron chi connectivity index (χ0n) is 31.4. The van der Waals surface area contributed by atoms with Gasteiger partial charge in [-0.3, -0.25) is 0 Å². The molecule has 4 heteroatoms. The number of benzene rings is 2. The van der Waals surface area contributed by atoms with Crippen LogP contribution >= 0.6 is 12.2 Å². The van der Waals surface area contributed by atoms with Crippen molar-refractivity contribution < 1.29 is 14.2 Å². The molecule has 0 unspecified atom stereocenters. The molecule has 0 aliphatic rings. The zero-order valence-corrected chi connectivity index (χ0v) is 32.2. The molecule has 2 aromatic carbocycles. The second kappa shape index (κ2) is 28.5. The molecule has 2 aromatic rings. The van der Waals surface area contributed by atoms with Crippen LogP contribution < -0.4 is 14.2 Å². The Morgan fingerprint density at radius 1 is 0.521 bits per heavy atom. The minimum Gasteiger partial charge on any atom is -0.490 e. The monoisotopic (exact) mass is 679 g/mol. The van der Waals surface area contributed by atoms with Crippen LogP contribution in [0.5, 0.6) is 17.2 Å². The molecule has 0 aliphatic carbocycles. The van der Waals surface area contributed by atoms with Crippen molar-refractivity contribution in [3.05, 3.63) is 59.2 Å². The molecule has 0 aromatic heterocycles. The number of aryl methyl sites for hydroxylation is 1. The first-order chi connectivity index (χ1) is 23.6. The smallest absolute Gasteiger partial charge is 0.203 e. The summed E-state index contributed by atoms with van der Waals surface area (Å²) in [5.74, 6) is 2.16. The van der Waals surface area contributed by atoms with E-state index < -0.39 is 0 Å². The van der Waals surface area contributed by atoms with Gasteiger partial charge in [-0.05, 0) is 67.0 Å². The lowest BCUT2D eigenvalue weighted by atomic mass is 10.0. The molecule has 0 radical (unpaired) electrons. The fourth-order valence-electron chi connectivity index (χ4n) is 6.01. The highest BCUT2D eigenvalue weighted by Crippen LogP contribution is 2.40. The van der Waals surface area contributed by atoms with Gasteiger partial charge in [0.05, 0.1) is 19.8 Å². The van der Waals surface area contributed by atoms with Gasteiger partial charge in [0.15, 0.2) is 11.5 Å². The summed E-state index contributed by atoms with van der Waals surface area (Å²) in [5.41, 5.74) is 3.47. The molecular formula is C44H70O3S. The summed E-state index contributed by atoms with van der Waals surface area (Å²) in [6.07, 6.45) is 33.5. The van der Waals surface area contributed by atoms with Crippen LogP contribution in [0.15, 0.2) is 42.5 Å². The number of allylic oxidation sites excluding steroid dienone is 1. The summed E-state index contributed by atoms with van der Waals surface area (Å²) >= 11 is 5.79. The molecule has 2 rings (SSSR count). The zero-order chi connectivity index (χ0) is 34.5. The minimum atomic E-state index is 0.625. The van der Waals surface area contributed by atoms with Crippen molar-refractivity contribution >= 4 is 23.2 Å². The van der Waals surface area contributed by atoms with E-state index in [0.29, 0.717) is 25.6 Å². The summed E-state index contributed by atoms with van der Waals surface area (Å²) in [6.45, 7) is 10.5. The predicted molar refractivity (Wildman–Crippen MR) is 213 cm³/mol. The summed E-state index contributed by atoms with van der Waals surface area (Å²) in [7, 11) is 0. The van der Waals surface area contributed by atoms with Crippen LogP contribution in [0.4, 0.5) is 0 Å². The van der Waals surface area contributed by atoms with Gasteiger partial charge in [-0.25, -0.2) is 0 Å². The van der Waals surface area contributed by atoms with Gasteiger partial charge in [0.25, 0.3) is 0 Å². The SMILES string of the molecule is CCCCCCCCCCCCCCCCCCCCc1ccc(C(=S)C=Cc2cc(OCCC)c(OCCC)c(OCCC)c2)cc1. The molecule has 0 aliphatic heterocycles. The van der Waals surface area contributed by atoms with Crippen LogP contribution in [0.2, 0.25) is 0 Å². The lowest BCUT2D eigenvalue weighted by molar-refractivity contribution is 0.243. The number of rotatable bonds is 31. The Morgan fingerprint density at radius 3 is 1.38 bits per heavy atom. The second-order valence-corrected chi connectivity index (χ2v) is 14.0. The first-order valence-corrected chi connectivity index (χ1v) is 20.4. The first-order valence-electron chi connectivity index (χ1n) is 20.0. The molecule has 270 valence electrons. The van der Waals surface area contributed by atoms with Gasteiger partial charge >= 0.3 is 0 Å². The summed E-state index contributed by atoms with van der Waals surface area (Å²) in [4.78, 5) is 0.827. The van der Waals surface area contributed by atoms with E-state index in [9.17, 15) is 0 Å². The van der Waals surface area contributed by atoms with Crippen molar-refractivity contribution in [1.82, 2.24) is 0 Å². The Bertz CT molecular complexity index is 1080. The molecular weight excluding hydrogens is 609 g/mol. The van der Waals surface area contributed by atoms with Crippen LogP contribution in [0, 0.1) is 0 Å². The van der Waals surface area contributed by atoms with Crippen LogP contribution in [0.3, 0.4) is 0 Å². The van der Waals surface area contributed by atoms with Gasteiger partial charge in [0.2, 0.25) is 5.75 Å². The summed E-state index contributed by atoms with van der Waals surface area (Å²) in [6, 6.07) is 12.9. The standard InChI is InChI=1S/C44H70O3S/c1-5-9-10-11-12-13-14-15-16-17-18-19-20-21-22-23-24-25-26-38-27-30-40(31-28-38)43(48)32-29-39-36-41(45-33-6-2)44(47-35-8-4)42(37-39)46-34-7-3/h27-32,36-37H,5-26,33-35H2,1-4H3. The van der Waals surface area contributed by atoms with Crippen molar-refractivity contribution in [2.45, 2.75) is 169 Å². The van der Waals surface area contributed by atoms with Crippen molar-refractivity contribution in [1.29, 1.82) is 0 Å². The maximum Gasteiger partial charge on any atom is 0.203 e. The van der Waals surface area contributed by atoms with Crippen LogP contribution in [0.25, 0.3) is 6.08 Å². The largest absolute Gasteiger partial charge is 0.490 e. The fourth-order valence-corrected chi connectivity index (χ4v) is 6.22. The van der Waals surface area contributed by atoms with Crippen molar-refractivity contribution in [3.8, 4) is 17.2 Å². The Kier molecular flexibility index (Phi) is 24.8. The molecule has 0 spiro atoms. The first kappa shape index (κ1) is 41.8. The third-order valence-corrected chi connectivity index (χ3v) is 9.27. The van der Waals surface area contributed by atoms with E-state index in [4.69, 9.17) is 26.4 Å². The summed E-state index contributed by atoms with van der Waals surface area (Å²) in [5, 5.41) is 0. The number of hydrogen-bond acceptors (Lipinski definition) is 4. The lowest BCUT2D eigenvalue weighted by Gasteiger charge is -2.17. The van der Waals surface area contributed by atoms with E-state index in [2.05, 4.69) is 58.0 Å². The van der Waals surface area contributed by atoms with Gasteiger partial charge in [-0.1, -0.05) is 179 Å². The van der Waals surface area contributed by atoms with Crippen LogP contribution in [0.1, 0.15) is 179 Å². The maximum absolute atomic E-state index is 6.08. The van der Waals surface area contributed by atoms with Crippen molar-refractivity contribution in [3.63, 3.8) is 0 Å². The molecule has 3 nitrogen and oxygen atoms in total. The van der Waals surface area contributed by atoms with E-state index in [1.54, 1.807) is 0 Å². The summed E-state index contributed by atoms with van der Waals surface area (Å²) < 4.78 is 18.2. The molecule has 0 saturated heterocycles. The Hall–Kier alpha value is -2.33. The highest BCUT2D eigenvalue weighted by Gasteiger charge is 2.15. The van der Waals surface area contributed by atoms with Gasteiger partial charge < -0.3 is 14.2 Å². The minimum absolute atomic E-state index is 0.625. The van der Waals surface area contributed by atoms with Gasteiger partial charge in [-0.15, -0.1) is 0 Å². The average Bonchev–Trinajstić information content (AvgIpc) is 3.11. The van der Waals surface area contributed by atoms with Gasteiger partial charge in [0, 0.05) is 4.86 Å². The normalized spacial score (nSPS) is 11.3. The van der Waals surface area contributed by atoms with E-state index in [1.807, 2.05) is 18.2 Å². The molecule has 0 amide bonds. The Morgan fingerprint density at radius 2 is 0.938 bits per heavy atom. The van der Waals surface area contributed by atoms with Crippen LogP contribution in [-0.2, 0) is 6.42 Å². The average molecular weight is 679 g/mol. The Labute approximate surface area is 301 Å². The van der Waals surface area contributed by atoms with Crippen molar-refractivity contribution in [2.24, 2.45) is 0 Å². The van der Waals surface area contributed by atoms with Crippen molar-refractivity contribution in [2.75, 3.05) is 19.8 Å². The topological polar surface area (TPSA) is 27.7 Å². The number of ether oxygens (including phenoxy) is 3. The van der Waals surface area contributed by atoms with E-state index in [1.165, 1.54) is 121 Å². The third kappa shape index (κ3) is 19.0. The van der Waals surface area contributed by atoms with Gasteiger partial charge in [-0.2, -0.15) is 0 Å². The number of thiocarbonyl (C=S) groups is 1. The fraction of sp³-hybridized carbons (Fsp3) is 0.659. The molecule has 0 atom stereocenters. The van der Waals surface area contributed by atoms with E-state index >= 15 is 0 Å². The van der Waals surface area contributed by atoms with E-state index in [-0.39, 0.29) is 0 Å². The highest BCUT2D eigenvalue weighted by atomic mass is 32.1. The number of hydrogen-bond donors (Lipinski definition) is 0. The molecule has 0 heterocycles. The maximum atomic E-state index is 6.08.